The largest absolute Gasteiger partial charge is 0.384 e. The van der Waals surface area contributed by atoms with Gasteiger partial charge in [0, 0.05) is 22.5 Å². The molecule has 1 aromatic carbocycles. The van der Waals surface area contributed by atoms with Gasteiger partial charge in [0.1, 0.15) is 6.61 Å². The van der Waals surface area contributed by atoms with Crippen molar-refractivity contribution in [1.82, 2.24) is 4.90 Å². The summed E-state index contributed by atoms with van der Waals surface area (Å²) in [5, 5.41) is 9.52. The first-order chi connectivity index (χ1) is 10.1. The molecule has 0 spiro atoms. The van der Waals surface area contributed by atoms with Crippen molar-refractivity contribution in [1.29, 1.82) is 0 Å². The monoisotopic (exact) mass is 319 g/mol. The van der Waals surface area contributed by atoms with E-state index in [1.807, 2.05) is 24.3 Å². The highest BCUT2D eigenvalue weighted by Gasteiger charge is 2.15. The Bertz CT molecular complexity index is 656. The molecule has 1 aromatic heterocycles. The zero-order chi connectivity index (χ0) is 15.2. The second-order valence-electron chi connectivity index (χ2n) is 4.84. The number of benzene rings is 1. The van der Waals surface area contributed by atoms with Gasteiger partial charge < -0.3 is 5.11 Å². The molecule has 1 heterocycles. The molecule has 21 heavy (non-hydrogen) atoms. The highest BCUT2D eigenvalue weighted by Crippen LogP contribution is 2.28. The molecule has 0 radical (unpaired) electrons. The lowest BCUT2D eigenvalue weighted by Crippen LogP contribution is -2.21. The van der Waals surface area contributed by atoms with Gasteiger partial charge in [-0.15, -0.1) is 11.3 Å². The molecular weight excluding hydrogens is 302 g/mol. The van der Waals surface area contributed by atoms with Crippen molar-refractivity contribution < 1.29 is 5.11 Å². The van der Waals surface area contributed by atoms with Crippen LogP contribution in [0.15, 0.2) is 36.4 Å². The predicted molar refractivity (Wildman–Crippen MR) is 89.6 cm³/mol. The third kappa shape index (κ3) is 4.33. The lowest BCUT2D eigenvalue weighted by Gasteiger charge is -2.25. The number of hydrogen-bond acceptors (Lipinski definition) is 3. The molecule has 0 fully saturated rings. The van der Waals surface area contributed by atoms with Gasteiger partial charge in [-0.05, 0) is 37.7 Å². The Kier molecular flexibility index (Phi) is 5.84. The minimum absolute atomic E-state index is 0.101. The van der Waals surface area contributed by atoms with E-state index in [9.17, 15) is 0 Å². The van der Waals surface area contributed by atoms with Crippen molar-refractivity contribution in [3.05, 3.63) is 56.7 Å². The Labute approximate surface area is 135 Å². The smallest absolute Gasteiger partial charge is 0.104 e. The third-order valence-corrected chi connectivity index (χ3v) is 4.70. The average molecular weight is 320 g/mol. The molecule has 110 valence electrons. The molecule has 2 nitrogen and oxygen atoms in total. The first-order valence-electron chi connectivity index (χ1n) is 6.75. The van der Waals surface area contributed by atoms with Crippen LogP contribution in [0.25, 0.3) is 0 Å². The van der Waals surface area contributed by atoms with Gasteiger partial charge in [0.05, 0.1) is 4.88 Å². The van der Waals surface area contributed by atoms with Gasteiger partial charge in [-0.25, -0.2) is 0 Å². The fourth-order valence-electron chi connectivity index (χ4n) is 2.09. The number of nitrogens with zero attached hydrogens (tertiary/aromatic N) is 1. The molecule has 0 amide bonds. The lowest BCUT2D eigenvalue weighted by atomic mass is 10.1. The van der Waals surface area contributed by atoms with E-state index in [1.54, 1.807) is 11.3 Å². The van der Waals surface area contributed by atoms with Crippen LogP contribution in [0.4, 0.5) is 0 Å². The Morgan fingerprint density at radius 1 is 1.29 bits per heavy atom. The van der Waals surface area contributed by atoms with Crippen molar-refractivity contribution in [3.63, 3.8) is 0 Å². The van der Waals surface area contributed by atoms with E-state index in [2.05, 4.69) is 42.8 Å². The maximum Gasteiger partial charge on any atom is 0.104 e. The van der Waals surface area contributed by atoms with Crippen LogP contribution in [0.2, 0.25) is 5.02 Å². The van der Waals surface area contributed by atoms with Gasteiger partial charge in [-0.1, -0.05) is 41.6 Å². The molecule has 4 heteroatoms. The number of aliphatic hydroxyl groups excluding tert-OH is 1. The van der Waals surface area contributed by atoms with Gasteiger partial charge in [0.25, 0.3) is 0 Å². The molecule has 0 aliphatic heterocycles. The van der Waals surface area contributed by atoms with Gasteiger partial charge in [0.15, 0.2) is 0 Å². The molecule has 2 rings (SSSR count). The molecule has 0 saturated heterocycles. The highest BCUT2D eigenvalue weighted by atomic mass is 35.5. The van der Waals surface area contributed by atoms with Crippen LogP contribution in [-0.2, 0) is 6.54 Å². The third-order valence-electron chi connectivity index (χ3n) is 3.37. The van der Waals surface area contributed by atoms with Crippen molar-refractivity contribution in [2.75, 3.05) is 13.7 Å². The molecule has 1 unspecified atom stereocenters. The fraction of sp³-hybridized carbons (Fsp3) is 0.294. The zero-order valence-electron chi connectivity index (χ0n) is 12.1. The second-order valence-corrected chi connectivity index (χ2v) is 6.41. The summed E-state index contributed by atoms with van der Waals surface area (Å²) in [5.41, 5.74) is 1.14. The number of halogens is 1. The fourth-order valence-corrected chi connectivity index (χ4v) is 3.33. The lowest BCUT2D eigenvalue weighted by molar-refractivity contribution is 0.255. The summed E-state index contributed by atoms with van der Waals surface area (Å²) < 4.78 is 0. The van der Waals surface area contributed by atoms with Gasteiger partial charge in [0.2, 0.25) is 0 Å². The van der Waals surface area contributed by atoms with E-state index in [0.29, 0.717) is 0 Å². The van der Waals surface area contributed by atoms with Crippen molar-refractivity contribution >= 4 is 22.9 Å². The van der Waals surface area contributed by atoms with E-state index in [-0.39, 0.29) is 12.6 Å². The Hall–Kier alpha value is -1.31. The topological polar surface area (TPSA) is 23.5 Å². The van der Waals surface area contributed by atoms with Gasteiger partial charge in [-0.3, -0.25) is 4.90 Å². The predicted octanol–water partition coefficient (Wildman–Crippen LogP) is 3.94. The van der Waals surface area contributed by atoms with E-state index in [1.165, 1.54) is 4.88 Å². The quantitative estimate of drug-likeness (QED) is 0.863. The van der Waals surface area contributed by atoms with Gasteiger partial charge in [-0.2, -0.15) is 0 Å². The van der Waals surface area contributed by atoms with E-state index < -0.39 is 0 Å². The van der Waals surface area contributed by atoms with Crippen LogP contribution in [0.3, 0.4) is 0 Å². The van der Waals surface area contributed by atoms with Crippen molar-refractivity contribution in [2.24, 2.45) is 0 Å². The molecule has 1 N–H and O–H groups in total. The minimum atomic E-state index is -0.101. The van der Waals surface area contributed by atoms with E-state index in [4.69, 9.17) is 16.7 Å². The first kappa shape index (κ1) is 16.1. The summed E-state index contributed by atoms with van der Waals surface area (Å²) in [6.07, 6.45) is 0. The van der Waals surface area contributed by atoms with E-state index in [0.717, 1.165) is 22.0 Å². The summed E-state index contributed by atoms with van der Waals surface area (Å²) >= 11 is 7.92. The summed E-state index contributed by atoms with van der Waals surface area (Å²) in [4.78, 5) is 4.49. The van der Waals surface area contributed by atoms with Crippen molar-refractivity contribution in [3.8, 4) is 11.8 Å². The SMILES string of the molecule is CC(c1ccccc1Cl)N(C)Cc1ccc(C#CCO)s1. The standard InChI is InChI=1S/C17H18ClNOS/c1-13(16-7-3-4-8-17(16)18)19(2)12-15-10-9-14(21-15)6-5-11-20/h3-4,7-10,13,20H,11-12H2,1-2H3. The van der Waals surface area contributed by atoms with Crippen LogP contribution >= 0.6 is 22.9 Å². The van der Waals surface area contributed by atoms with Crippen LogP contribution in [-0.4, -0.2) is 23.7 Å². The van der Waals surface area contributed by atoms with Crippen LogP contribution in [0.1, 0.15) is 28.3 Å². The Balaban J connectivity index is 2.05. The Morgan fingerprint density at radius 3 is 2.76 bits per heavy atom. The maximum atomic E-state index is 8.71. The Morgan fingerprint density at radius 2 is 2.05 bits per heavy atom. The zero-order valence-corrected chi connectivity index (χ0v) is 13.7. The first-order valence-corrected chi connectivity index (χ1v) is 7.94. The number of hydrogen-bond donors (Lipinski definition) is 1. The second kappa shape index (κ2) is 7.63. The molecule has 0 aliphatic rings. The molecule has 0 saturated carbocycles. The van der Waals surface area contributed by atoms with Gasteiger partial charge >= 0.3 is 0 Å². The number of rotatable bonds is 4. The van der Waals surface area contributed by atoms with Crippen LogP contribution < -0.4 is 0 Å². The molecule has 0 aliphatic carbocycles. The molecule has 2 aromatic rings. The van der Waals surface area contributed by atoms with Crippen LogP contribution in [0.5, 0.6) is 0 Å². The van der Waals surface area contributed by atoms with Crippen LogP contribution in [0, 0.1) is 11.8 Å². The summed E-state index contributed by atoms with van der Waals surface area (Å²) in [6, 6.07) is 12.3. The summed E-state index contributed by atoms with van der Waals surface area (Å²) in [5.74, 6) is 5.61. The molecular formula is C17H18ClNOS. The average Bonchev–Trinajstić information content (AvgIpc) is 2.92. The van der Waals surface area contributed by atoms with Crippen molar-refractivity contribution in [2.45, 2.75) is 19.5 Å². The highest BCUT2D eigenvalue weighted by molar-refractivity contribution is 7.12. The summed E-state index contributed by atoms with van der Waals surface area (Å²) in [7, 11) is 2.09. The van der Waals surface area contributed by atoms with E-state index >= 15 is 0 Å². The summed E-state index contributed by atoms with van der Waals surface area (Å²) in [6.45, 7) is 2.90. The maximum absolute atomic E-state index is 8.71. The minimum Gasteiger partial charge on any atom is -0.384 e. The number of thiophene rings is 1. The normalized spacial score (nSPS) is 12.0. The molecule has 1 atom stereocenters. The molecule has 0 bridgehead atoms. The number of aliphatic hydroxyl groups is 1.